The molecule has 0 radical (unpaired) electrons. The molecule has 0 spiro atoms. The highest BCUT2D eigenvalue weighted by Crippen LogP contribution is 2.47. The largest absolute Gasteiger partial charge is 0.504 e. The summed E-state index contributed by atoms with van der Waals surface area (Å²) in [6, 6.07) is 20.4. The Balaban J connectivity index is 1.94. The standard InChI is InChI=1S/C26H20O4/c27-21-13-5-11-19(25(21)29)23-15-7-1-2-8-16(15)24(18-10-4-3-9-17(18)23)20-12-6-14-22(28)26(20)30/h1-5,7-11,13,20,27,29H,6,12,14H2. The second kappa shape index (κ2) is 6.99. The van der Waals surface area contributed by atoms with E-state index in [9.17, 15) is 19.8 Å². The molecule has 1 aliphatic carbocycles. The molecule has 1 saturated carbocycles. The van der Waals surface area contributed by atoms with E-state index in [0.29, 0.717) is 24.8 Å². The molecule has 4 nitrogen and oxygen atoms in total. The Morgan fingerprint density at radius 3 is 1.97 bits per heavy atom. The van der Waals surface area contributed by atoms with E-state index < -0.39 is 5.92 Å². The van der Waals surface area contributed by atoms with Gasteiger partial charge in [-0.2, -0.15) is 0 Å². The van der Waals surface area contributed by atoms with Gasteiger partial charge < -0.3 is 10.2 Å². The molecule has 0 bridgehead atoms. The van der Waals surface area contributed by atoms with Crippen LogP contribution in [0.2, 0.25) is 0 Å². The summed E-state index contributed by atoms with van der Waals surface area (Å²) >= 11 is 0. The Labute approximate surface area is 173 Å². The first-order valence-corrected chi connectivity index (χ1v) is 10.1. The molecule has 0 aromatic heterocycles. The number of benzene rings is 4. The van der Waals surface area contributed by atoms with E-state index >= 15 is 0 Å². The normalized spacial score (nSPS) is 17.0. The van der Waals surface area contributed by atoms with Crippen LogP contribution in [0.1, 0.15) is 30.7 Å². The van der Waals surface area contributed by atoms with Crippen LogP contribution >= 0.6 is 0 Å². The lowest BCUT2D eigenvalue weighted by atomic mass is 9.77. The monoisotopic (exact) mass is 396 g/mol. The first-order chi connectivity index (χ1) is 14.6. The second-order valence-electron chi connectivity index (χ2n) is 7.79. The molecule has 0 aliphatic heterocycles. The highest BCUT2D eigenvalue weighted by atomic mass is 16.3. The zero-order valence-electron chi connectivity index (χ0n) is 16.3. The third kappa shape index (κ3) is 2.68. The summed E-state index contributed by atoms with van der Waals surface area (Å²) in [4.78, 5) is 25.1. The summed E-state index contributed by atoms with van der Waals surface area (Å²) in [7, 11) is 0. The molecule has 4 heteroatoms. The topological polar surface area (TPSA) is 74.6 Å². The Morgan fingerprint density at radius 1 is 0.733 bits per heavy atom. The maximum absolute atomic E-state index is 12.8. The first-order valence-electron chi connectivity index (χ1n) is 10.1. The van der Waals surface area contributed by atoms with Crippen molar-refractivity contribution in [1.82, 2.24) is 0 Å². The number of ketones is 2. The fraction of sp³-hybridized carbons (Fsp3) is 0.154. The number of phenolic OH excluding ortho intramolecular Hbond substituents is 2. The van der Waals surface area contributed by atoms with Crippen molar-refractivity contribution < 1.29 is 19.8 Å². The summed E-state index contributed by atoms with van der Waals surface area (Å²) in [6.45, 7) is 0. The van der Waals surface area contributed by atoms with Gasteiger partial charge in [0.25, 0.3) is 0 Å². The lowest BCUT2D eigenvalue weighted by molar-refractivity contribution is -0.139. The van der Waals surface area contributed by atoms with Gasteiger partial charge in [0.05, 0.1) is 5.92 Å². The molecular formula is C26H20O4. The van der Waals surface area contributed by atoms with Gasteiger partial charge in [-0.15, -0.1) is 0 Å². The van der Waals surface area contributed by atoms with Crippen molar-refractivity contribution in [2.75, 3.05) is 0 Å². The summed E-state index contributed by atoms with van der Waals surface area (Å²) < 4.78 is 0. The summed E-state index contributed by atoms with van der Waals surface area (Å²) in [5.74, 6) is -1.44. The smallest absolute Gasteiger partial charge is 0.205 e. The van der Waals surface area contributed by atoms with E-state index in [-0.39, 0.29) is 23.1 Å². The molecule has 0 amide bonds. The van der Waals surface area contributed by atoms with Crippen LogP contribution in [0.4, 0.5) is 0 Å². The average molecular weight is 396 g/mol. The van der Waals surface area contributed by atoms with Crippen LogP contribution in [-0.4, -0.2) is 21.8 Å². The highest BCUT2D eigenvalue weighted by molar-refractivity contribution is 6.40. The number of hydrogen-bond donors (Lipinski definition) is 2. The van der Waals surface area contributed by atoms with Gasteiger partial charge in [-0.3, -0.25) is 9.59 Å². The van der Waals surface area contributed by atoms with Crippen molar-refractivity contribution in [2.24, 2.45) is 0 Å². The predicted molar refractivity (Wildman–Crippen MR) is 117 cm³/mol. The first kappa shape index (κ1) is 18.4. The molecule has 5 rings (SSSR count). The van der Waals surface area contributed by atoms with Gasteiger partial charge in [-0.1, -0.05) is 60.7 Å². The molecule has 148 valence electrons. The number of fused-ring (bicyclic) bond motifs is 2. The van der Waals surface area contributed by atoms with Gasteiger partial charge in [-0.05, 0) is 46.0 Å². The van der Waals surface area contributed by atoms with Gasteiger partial charge in [-0.25, -0.2) is 0 Å². The molecular weight excluding hydrogens is 376 g/mol. The van der Waals surface area contributed by atoms with E-state index in [1.807, 2.05) is 48.5 Å². The minimum atomic E-state index is -0.465. The van der Waals surface area contributed by atoms with Gasteiger partial charge in [0.15, 0.2) is 17.3 Å². The number of Topliss-reactive ketones (excluding diaryl/α,β-unsaturated/α-hetero) is 2. The van der Waals surface area contributed by atoms with Gasteiger partial charge >= 0.3 is 0 Å². The number of carbonyl (C=O) groups excluding carboxylic acids is 2. The zero-order chi connectivity index (χ0) is 20.8. The lowest BCUT2D eigenvalue weighted by Crippen LogP contribution is -2.27. The minimum absolute atomic E-state index is 0.176. The van der Waals surface area contributed by atoms with E-state index in [4.69, 9.17) is 0 Å². The van der Waals surface area contributed by atoms with Crippen LogP contribution in [-0.2, 0) is 9.59 Å². The summed E-state index contributed by atoms with van der Waals surface area (Å²) in [5, 5.41) is 24.2. The Kier molecular flexibility index (Phi) is 4.28. The molecule has 4 aromatic rings. The number of hydrogen-bond acceptors (Lipinski definition) is 4. The molecule has 1 aliphatic rings. The average Bonchev–Trinajstić information content (AvgIpc) is 2.76. The van der Waals surface area contributed by atoms with E-state index in [2.05, 4.69) is 0 Å². The number of carbonyl (C=O) groups is 2. The van der Waals surface area contributed by atoms with Crippen LogP contribution in [0, 0.1) is 0 Å². The molecule has 0 saturated heterocycles. The lowest BCUT2D eigenvalue weighted by Gasteiger charge is -2.25. The minimum Gasteiger partial charge on any atom is -0.504 e. The van der Waals surface area contributed by atoms with Gasteiger partial charge in [0.2, 0.25) is 5.78 Å². The molecule has 1 atom stereocenters. The van der Waals surface area contributed by atoms with Gasteiger partial charge in [0, 0.05) is 17.5 Å². The summed E-state index contributed by atoms with van der Waals surface area (Å²) in [6.07, 6.45) is 1.67. The molecule has 0 heterocycles. The van der Waals surface area contributed by atoms with E-state index in [1.54, 1.807) is 12.1 Å². The number of aromatic hydroxyl groups is 2. The van der Waals surface area contributed by atoms with Crippen LogP contribution in [0.3, 0.4) is 0 Å². The van der Waals surface area contributed by atoms with Crippen molar-refractivity contribution in [2.45, 2.75) is 25.2 Å². The van der Waals surface area contributed by atoms with Crippen molar-refractivity contribution in [3.8, 4) is 22.6 Å². The fourth-order valence-electron chi connectivity index (χ4n) is 4.75. The molecule has 30 heavy (non-hydrogen) atoms. The highest BCUT2D eigenvalue weighted by Gasteiger charge is 2.33. The van der Waals surface area contributed by atoms with Crippen LogP contribution in [0.25, 0.3) is 32.7 Å². The zero-order valence-corrected chi connectivity index (χ0v) is 16.3. The molecule has 1 fully saturated rings. The van der Waals surface area contributed by atoms with Crippen LogP contribution < -0.4 is 0 Å². The summed E-state index contributed by atoms with van der Waals surface area (Å²) in [5.41, 5.74) is 2.20. The number of phenols is 2. The van der Waals surface area contributed by atoms with Crippen molar-refractivity contribution in [3.05, 3.63) is 72.3 Å². The van der Waals surface area contributed by atoms with E-state index in [1.165, 1.54) is 6.07 Å². The maximum Gasteiger partial charge on any atom is 0.205 e. The van der Waals surface area contributed by atoms with Gasteiger partial charge in [0.1, 0.15) is 0 Å². The predicted octanol–water partition coefficient (Wildman–Crippen LogP) is 5.48. The van der Waals surface area contributed by atoms with Crippen LogP contribution in [0.15, 0.2) is 66.7 Å². The Hall–Kier alpha value is -3.66. The molecule has 1 unspecified atom stereocenters. The SMILES string of the molecule is O=C1CCCC(c2c3ccccc3c(-c3cccc(O)c3O)c3ccccc23)C1=O. The quantitative estimate of drug-likeness (QED) is 0.267. The molecule has 4 aromatic carbocycles. The van der Waals surface area contributed by atoms with Crippen molar-refractivity contribution in [3.63, 3.8) is 0 Å². The number of rotatable bonds is 2. The van der Waals surface area contributed by atoms with Crippen LogP contribution in [0.5, 0.6) is 11.5 Å². The maximum atomic E-state index is 12.8. The Morgan fingerprint density at radius 2 is 1.33 bits per heavy atom. The Bertz CT molecular complexity index is 1280. The second-order valence-corrected chi connectivity index (χ2v) is 7.79. The molecule has 2 N–H and O–H groups in total. The number of para-hydroxylation sites is 1. The fourth-order valence-corrected chi connectivity index (χ4v) is 4.75. The van der Waals surface area contributed by atoms with Crippen molar-refractivity contribution in [1.29, 1.82) is 0 Å². The third-order valence-electron chi connectivity index (χ3n) is 6.09. The van der Waals surface area contributed by atoms with Crippen molar-refractivity contribution >= 4 is 33.1 Å². The van der Waals surface area contributed by atoms with E-state index in [0.717, 1.165) is 32.7 Å². The third-order valence-corrected chi connectivity index (χ3v) is 6.09.